The van der Waals surface area contributed by atoms with Gasteiger partial charge in [0, 0.05) is 18.7 Å². The number of aryl methyl sites for hydroxylation is 1. The fourth-order valence-corrected chi connectivity index (χ4v) is 1.62. The zero-order chi connectivity index (χ0) is 10.7. The number of pyridine rings is 1. The zero-order valence-corrected chi connectivity index (χ0v) is 8.90. The summed E-state index contributed by atoms with van der Waals surface area (Å²) in [5, 5.41) is 0. The number of hydrogen-bond donors (Lipinski definition) is 2. The van der Waals surface area contributed by atoms with E-state index in [9.17, 15) is 0 Å². The van der Waals surface area contributed by atoms with Crippen LogP contribution in [0.5, 0.6) is 0 Å². The summed E-state index contributed by atoms with van der Waals surface area (Å²) in [6.45, 7) is 2.03. The highest BCUT2D eigenvalue weighted by Gasteiger charge is 2.02. The summed E-state index contributed by atoms with van der Waals surface area (Å²) >= 11 is 0. The first-order valence-electron chi connectivity index (χ1n) is 5.30. The molecule has 0 radical (unpaired) electrons. The van der Waals surface area contributed by atoms with Gasteiger partial charge >= 0.3 is 0 Å². The van der Waals surface area contributed by atoms with Gasteiger partial charge in [0.2, 0.25) is 0 Å². The lowest BCUT2D eigenvalue weighted by atomic mass is 10.1. The number of aromatic nitrogens is 3. The van der Waals surface area contributed by atoms with Crippen LogP contribution < -0.4 is 5.73 Å². The van der Waals surface area contributed by atoms with Crippen molar-refractivity contribution in [3.05, 3.63) is 24.3 Å². The van der Waals surface area contributed by atoms with E-state index in [0.717, 1.165) is 36.1 Å². The lowest BCUT2D eigenvalue weighted by Gasteiger charge is -2.01. The van der Waals surface area contributed by atoms with Crippen LogP contribution >= 0.6 is 0 Å². The first kappa shape index (κ1) is 10.1. The van der Waals surface area contributed by atoms with Crippen LogP contribution in [0.4, 0.5) is 0 Å². The molecule has 1 atom stereocenters. The Kier molecular flexibility index (Phi) is 2.97. The topological polar surface area (TPSA) is 67.6 Å². The van der Waals surface area contributed by atoms with Crippen molar-refractivity contribution in [1.29, 1.82) is 0 Å². The van der Waals surface area contributed by atoms with Crippen LogP contribution in [0.25, 0.3) is 11.0 Å². The van der Waals surface area contributed by atoms with Crippen LogP contribution in [0.1, 0.15) is 25.6 Å². The number of nitrogens with two attached hydrogens (primary N) is 1. The third-order valence-corrected chi connectivity index (χ3v) is 2.41. The molecule has 2 rings (SSSR count). The minimum Gasteiger partial charge on any atom is -0.341 e. The van der Waals surface area contributed by atoms with E-state index < -0.39 is 0 Å². The quantitative estimate of drug-likeness (QED) is 0.795. The monoisotopic (exact) mass is 204 g/mol. The summed E-state index contributed by atoms with van der Waals surface area (Å²) in [6, 6.07) is 2.19. The molecule has 0 bridgehead atoms. The number of imidazole rings is 1. The Bertz CT molecular complexity index is 400. The van der Waals surface area contributed by atoms with E-state index in [4.69, 9.17) is 5.73 Å². The van der Waals surface area contributed by atoms with Crippen molar-refractivity contribution in [3.63, 3.8) is 0 Å². The normalized spacial score (nSPS) is 13.2. The second-order valence-electron chi connectivity index (χ2n) is 3.95. The molecule has 0 fully saturated rings. The maximum Gasteiger partial charge on any atom is 0.107 e. The first-order valence-corrected chi connectivity index (χ1v) is 5.30. The van der Waals surface area contributed by atoms with Gasteiger partial charge in [-0.15, -0.1) is 0 Å². The fourth-order valence-electron chi connectivity index (χ4n) is 1.62. The molecular formula is C11H16N4. The molecule has 0 spiro atoms. The number of nitrogens with zero attached hydrogens (tertiary/aromatic N) is 2. The van der Waals surface area contributed by atoms with Crippen LogP contribution in [0.15, 0.2) is 18.5 Å². The molecule has 0 aliphatic heterocycles. The molecule has 3 N–H and O–H groups in total. The van der Waals surface area contributed by atoms with Crippen molar-refractivity contribution >= 4 is 11.0 Å². The average molecular weight is 204 g/mol. The fraction of sp³-hybridized carbons (Fsp3) is 0.455. The molecule has 0 aliphatic carbocycles. The second kappa shape index (κ2) is 4.40. The molecule has 0 saturated carbocycles. The molecule has 4 heteroatoms. The maximum absolute atomic E-state index is 5.69. The minimum absolute atomic E-state index is 0.274. The Hall–Kier alpha value is -1.42. The number of fused-ring (bicyclic) bond motifs is 1. The van der Waals surface area contributed by atoms with Gasteiger partial charge in [0.05, 0.1) is 17.2 Å². The molecular weight excluding hydrogens is 188 g/mol. The molecule has 0 saturated heterocycles. The lowest BCUT2D eigenvalue weighted by molar-refractivity contribution is 0.616. The number of rotatable bonds is 4. The van der Waals surface area contributed by atoms with Gasteiger partial charge in [0.25, 0.3) is 0 Å². The first-order chi connectivity index (χ1) is 7.25. The molecule has 15 heavy (non-hydrogen) atoms. The van der Waals surface area contributed by atoms with E-state index in [1.165, 1.54) is 0 Å². The summed E-state index contributed by atoms with van der Waals surface area (Å²) in [4.78, 5) is 11.8. The predicted octanol–water partition coefficient (Wildman–Crippen LogP) is 1.63. The zero-order valence-electron chi connectivity index (χ0n) is 8.90. The van der Waals surface area contributed by atoms with E-state index in [0.29, 0.717) is 0 Å². The molecule has 2 aromatic rings. The van der Waals surface area contributed by atoms with E-state index in [-0.39, 0.29) is 6.04 Å². The van der Waals surface area contributed by atoms with Gasteiger partial charge in [-0.2, -0.15) is 0 Å². The maximum atomic E-state index is 5.69. The molecule has 4 nitrogen and oxygen atoms in total. The molecule has 0 aliphatic rings. The number of H-pyrrole nitrogens is 1. The molecule has 0 amide bonds. The molecule has 0 aromatic carbocycles. The predicted molar refractivity (Wildman–Crippen MR) is 60.5 cm³/mol. The van der Waals surface area contributed by atoms with Gasteiger partial charge in [-0.3, -0.25) is 4.98 Å². The van der Waals surface area contributed by atoms with Crippen LogP contribution in [-0.2, 0) is 6.42 Å². The van der Waals surface area contributed by atoms with Crippen molar-refractivity contribution in [1.82, 2.24) is 15.0 Å². The van der Waals surface area contributed by atoms with Gasteiger partial charge in [0.1, 0.15) is 5.82 Å². The standard InChI is InChI=1S/C11H16N4/c1-8(12)3-2-4-11-14-9-5-6-13-7-10(9)15-11/h5-8H,2-4,12H2,1H3,(H,14,15). The smallest absolute Gasteiger partial charge is 0.107 e. The Balaban J connectivity index is 2.03. The van der Waals surface area contributed by atoms with Gasteiger partial charge in [-0.25, -0.2) is 4.98 Å². The SMILES string of the molecule is CC(N)CCCc1nc2ccncc2[nH]1. The molecule has 1 unspecified atom stereocenters. The Morgan fingerprint density at radius 2 is 2.40 bits per heavy atom. The van der Waals surface area contributed by atoms with Gasteiger partial charge in [-0.05, 0) is 25.8 Å². The Labute approximate surface area is 88.9 Å². The summed E-state index contributed by atoms with van der Waals surface area (Å²) in [5.41, 5.74) is 7.69. The van der Waals surface area contributed by atoms with Gasteiger partial charge in [-0.1, -0.05) is 0 Å². The largest absolute Gasteiger partial charge is 0.341 e. The van der Waals surface area contributed by atoms with E-state index >= 15 is 0 Å². The summed E-state index contributed by atoms with van der Waals surface area (Å²) in [5.74, 6) is 1.03. The van der Waals surface area contributed by atoms with Crippen LogP contribution in [0.2, 0.25) is 0 Å². The minimum atomic E-state index is 0.274. The number of nitrogens with one attached hydrogen (secondary N) is 1. The Morgan fingerprint density at radius 1 is 1.53 bits per heavy atom. The summed E-state index contributed by atoms with van der Waals surface area (Å²) in [7, 11) is 0. The highest BCUT2D eigenvalue weighted by atomic mass is 14.9. The van der Waals surface area contributed by atoms with Crippen molar-refractivity contribution in [2.45, 2.75) is 32.2 Å². The second-order valence-corrected chi connectivity index (χ2v) is 3.95. The highest BCUT2D eigenvalue weighted by Crippen LogP contribution is 2.10. The summed E-state index contributed by atoms with van der Waals surface area (Å²) in [6.07, 6.45) is 6.63. The van der Waals surface area contributed by atoms with Crippen molar-refractivity contribution in [2.75, 3.05) is 0 Å². The number of hydrogen-bond acceptors (Lipinski definition) is 3. The number of aromatic amines is 1. The lowest BCUT2D eigenvalue weighted by Crippen LogP contribution is -2.14. The van der Waals surface area contributed by atoms with Crippen molar-refractivity contribution < 1.29 is 0 Å². The molecule has 2 aromatic heterocycles. The van der Waals surface area contributed by atoms with Crippen molar-refractivity contribution in [2.24, 2.45) is 5.73 Å². The van der Waals surface area contributed by atoms with Crippen LogP contribution in [0, 0.1) is 0 Å². The van der Waals surface area contributed by atoms with Gasteiger partial charge < -0.3 is 10.7 Å². The molecule has 80 valence electrons. The van der Waals surface area contributed by atoms with E-state index in [1.54, 1.807) is 12.4 Å². The Morgan fingerprint density at radius 3 is 3.13 bits per heavy atom. The van der Waals surface area contributed by atoms with Gasteiger partial charge in [0.15, 0.2) is 0 Å². The van der Waals surface area contributed by atoms with E-state index in [1.807, 2.05) is 13.0 Å². The average Bonchev–Trinajstić information content (AvgIpc) is 2.59. The van der Waals surface area contributed by atoms with Crippen LogP contribution in [-0.4, -0.2) is 21.0 Å². The molecule has 2 heterocycles. The van der Waals surface area contributed by atoms with Crippen LogP contribution in [0.3, 0.4) is 0 Å². The third-order valence-electron chi connectivity index (χ3n) is 2.41. The van der Waals surface area contributed by atoms with E-state index in [2.05, 4.69) is 15.0 Å². The summed E-state index contributed by atoms with van der Waals surface area (Å²) < 4.78 is 0. The van der Waals surface area contributed by atoms with Crippen molar-refractivity contribution in [3.8, 4) is 0 Å². The third kappa shape index (κ3) is 2.53. The highest BCUT2D eigenvalue weighted by molar-refractivity contribution is 5.73.